The number of guanidine groups is 1. The molecule has 7 heteroatoms. The third kappa shape index (κ3) is 7.21. The second-order valence-electron chi connectivity index (χ2n) is 8.44. The van der Waals surface area contributed by atoms with Crippen molar-refractivity contribution in [1.82, 2.24) is 15.1 Å². The van der Waals surface area contributed by atoms with Crippen LogP contribution >= 0.6 is 0 Å². The van der Waals surface area contributed by atoms with Crippen molar-refractivity contribution in [1.29, 1.82) is 0 Å². The molecule has 2 aliphatic heterocycles. The van der Waals surface area contributed by atoms with E-state index in [-0.39, 0.29) is 11.9 Å². The predicted molar refractivity (Wildman–Crippen MR) is 123 cm³/mol. The zero-order chi connectivity index (χ0) is 22.1. The lowest BCUT2D eigenvalue weighted by Gasteiger charge is -2.34. The Morgan fingerprint density at radius 3 is 2.87 bits per heavy atom. The molecular formula is C24H38N4O3. The number of hydrogen-bond acceptors (Lipinski definition) is 5. The fraction of sp³-hybridized carbons (Fsp3) is 0.667. The average molecular weight is 431 g/mol. The maximum absolute atomic E-state index is 12.2. The minimum Gasteiger partial charge on any atom is -0.466 e. The summed E-state index contributed by atoms with van der Waals surface area (Å²) in [6.45, 7) is 13.2. The van der Waals surface area contributed by atoms with Crippen molar-refractivity contribution in [2.75, 3.05) is 45.9 Å². The second-order valence-corrected chi connectivity index (χ2v) is 8.44. The smallest absolute Gasteiger partial charge is 0.310 e. The van der Waals surface area contributed by atoms with Gasteiger partial charge in [-0.15, -0.1) is 0 Å². The molecule has 172 valence electrons. The summed E-state index contributed by atoms with van der Waals surface area (Å²) in [4.78, 5) is 21.7. The van der Waals surface area contributed by atoms with Gasteiger partial charge in [-0.2, -0.15) is 0 Å². The van der Waals surface area contributed by atoms with Crippen molar-refractivity contribution in [2.45, 2.75) is 52.8 Å². The van der Waals surface area contributed by atoms with E-state index in [1.54, 1.807) is 0 Å². The van der Waals surface area contributed by atoms with Crippen LogP contribution in [0.5, 0.6) is 0 Å². The number of likely N-dealkylation sites (tertiary alicyclic amines) is 1. The van der Waals surface area contributed by atoms with Crippen LogP contribution in [0.4, 0.5) is 0 Å². The highest BCUT2D eigenvalue weighted by Gasteiger charge is 2.28. The van der Waals surface area contributed by atoms with Gasteiger partial charge in [0, 0.05) is 39.3 Å². The van der Waals surface area contributed by atoms with Crippen molar-refractivity contribution in [3.05, 3.63) is 35.4 Å². The van der Waals surface area contributed by atoms with Gasteiger partial charge in [-0.3, -0.25) is 9.69 Å². The van der Waals surface area contributed by atoms with Gasteiger partial charge < -0.3 is 19.7 Å². The van der Waals surface area contributed by atoms with Crippen LogP contribution in [-0.4, -0.2) is 73.8 Å². The van der Waals surface area contributed by atoms with E-state index in [2.05, 4.69) is 53.2 Å². The van der Waals surface area contributed by atoms with E-state index in [1.807, 2.05) is 6.92 Å². The molecule has 0 amide bonds. The Morgan fingerprint density at radius 2 is 2.10 bits per heavy atom. The number of morpholine rings is 1. The minimum atomic E-state index is -0.0896. The predicted octanol–water partition coefficient (Wildman–Crippen LogP) is 2.65. The zero-order valence-electron chi connectivity index (χ0n) is 19.3. The number of rotatable bonds is 7. The van der Waals surface area contributed by atoms with Gasteiger partial charge in [-0.25, -0.2) is 4.99 Å². The molecule has 0 saturated carbocycles. The molecule has 2 heterocycles. The van der Waals surface area contributed by atoms with Gasteiger partial charge in [0.15, 0.2) is 5.96 Å². The molecule has 2 atom stereocenters. The van der Waals surface area contributed by atoms with Gasteiger partial charge in [0.05, 0.1) is 31.8 Å². The van der Waals surface area contributed by atoms with Crippen LogP contribution < -0.4 is 5.32 Å². The van der Waals surface area contributed by atoms with Gasteiger partial charge in [-0.05, 0) is 44.7 Å². The lowest BCUT2D eigenvalue weighted by Crippen LogP contribution is -2.48. The molecule has 1 N–H and O–H groups in total. The van der Waals surface area contributed by atoms with Crippen LogP contribution in [-0.2, 0) is 27.4 Å². The SMILES string of the molecule is CCNC(=NCc1cccc(CN2CCOC(C)C2)c1)N1CCCC(C(=O)OCC)C1. The molecule has 1 aromatic carbocycles. The van der Waals surface area contributed by atoms with Gasteiger partial charge in [0.25, 0.3) is 0 Å². The summed E-state index contributed by atoms with van der Waals surface area (Å²) in [6.07, 6.45) is 2.16. The summed E-state index contributed by atoms with van der Waals surface area (Å²) < 4.78 is 10.9. The first-order valence-corrected chi connectivity index (χ1v) is 11.7. The van der Waals surface area contributed by atoms with Gasteiger partial charge in [0.2, 0.25) is 0 Å². The first-order valence-electron chi connectivity index (χ1n) is 11.7. The summed E-state index contributed by atoms with van der Waals surface area (Å²) >= 11 is 0. The molecular weight excluding hydrogens is 392 g/mol. The van der Waals surface area contributed by atoms with E-state index in [0.29, 0.717) is 25.8 Å². The summed E-state index contributed by atoms with van der Waals surface area (Å²) in [5.74, 6) is 0.717. The number of aliphatic imine (C=N–C) groups is 1. The van der Waals surface area contributed by atoms with Crippen LogP contribution in [0.1, 0.15) is 44.7 Å². The molecule has 2 fully saturated rings. The molecule has 0 aromatic heterocycles. The molecule has 0 bridgehead atoms. The number of piperidine rings is 1. The summed E-state index contributed by atoms with van der Waals surface area (Å²) in [5, 5.41) is 3.40. The van der Waals surface area contributed by atoms with E-state index < -0.39 is 0 Å². The molecule has 1 aromatic rings. The Labute approximate surface area is 186 Å². The minimum absolute atomic E-state index is 0.0724. The molecule has 0 aliphatic carbocycles. The van der Waals surface area contributed by atoms with Crippen molar-refractivity contribution >= 4 is 11.9 Å². The third-order valence-corrected chi connectivity index (χ3v) is 5.81. The third-order valence-electron chi connectivity index (χ3n) is 5.81. The molecule has 0 radical (unpaired) electrons. The number of ether oxygens (including phenoxy) is 2. The van der Waals surface area contributed by atoms with E-state index in [1.165, 1.54) is 11.1 Å². The molecule has 7 nitrogen and oxygen atoms in total. The van der Waals surface area contributed by atoms with Crippen molar-refractivity contribution in [2.24, 2.45) is 10.9 Å². The number of hydrogen-bond donors (Lipinski definition) is 1. The van der Waals surface area contributed by atoms with Gasteiger partial charge in [-0.1, -0.05) is 24.3 Å². The Kier molecular flexibility index (Phi) is 9.15. The molecule has 2 unspecified atom stereocenters. The van der Waals surface area contributed by atoms with Crippen molar-refractivity contribution < 1.29 is 14.3 Å². The highest BCUT2D eigenvalue weighted by molar-refractivity contribution is 5.81. The quantitative estimate of drug-likeness (QED) is 0.408. The first kappa shape index (κ1) is 23.5. The monoisotopic (exact) mass is 430 g/mol. The highest BCUT2D eigenvalue weighted by Crippen LogP contribution is 2.19. The first-order chi connectivity index (χ1) is 15.1. The van der Waals surface area contributed by atoms with E-state index in [9.17, 15) is 4.79 Å². The number of carbonyl (C=O) groups excluding carboxylic acids is 1. The summed E-state index contributed by atoms with van der Waals surface area (Å²) in [5.41, 5.74) is 2.51. The van der Waals surface area contributed by atoms with E-state index in [0.717, 1.165) is 58.1 Å². The standard InChI is InChI=1S/C24H38N4O3/c1-4-25-24(28-11-7-10-22(18-28)23(29)30-5-2)26-15-20-8-6-9-21(14-20)17-27-12-13-31-19(3)16-27/h6,8-9,14,19,22H,4-5,7,10-13,15-18H2,1-3H3,(H,25,26). The normalized spacial score (nSPS) is 22.9. The second kappa shape index (κ2) is 12.1. The number of benzene rings is 1. The fourth-order valence-electron chi connectivity index (χ4n) is 4.33. The lowest BCUT2D eigenvalue weighted by atomic mass is 9.98. The Bertz CT molecular complexity index is 739. The Balaban J connectivity index is 1.62. The largest absolute Gasteiger partial charge is 0.466 e. The van der Waals surface area contributed by atoms with Crippen LogP contribution in [0, 0.1) is 5.92 Å². The highest BCUT2D eigenvalue weighted by atomic mass is 16.5. The maximum atomic E-state index is 12.2. The number of nitrogens with one attached hydrogen (secondary N) is 1. The van der Waals surface area contributed by atoms with Crippen LogP contribution in [0.3, 0.4) is 0 Å². The Hall–Kier alpha value is -2.12. The molecule has 2 aliphatic rings. The van der Waals surface area contributed by atoms with Gasteiger partial charge >= 0.3 is 5.97 Å². The molecule has 31 heavy (non-hydrogen) atoms. The molecule has 2 saturated heterocycles. The van der Waals surface area contributed by atoms with E-state index in [4.69, 9.17) is 14.5 Å². The number of nitrogens with zero attached hydrogens (tertiary/aromatic N) is 3. The summed E-state index contributed by atoms with van der Waals surface area (Å²) in [7, 11) is 0. The number of esters is 1. The molecule has 0 spiro atoms. The van der Waals surface area contributed by atoms with Crippen LogP contribution in [0.25, 0.3) is 0 Å². The molecule has 3 rings (SSSR count). The van der Waals surface area contributed by atoms with Crippen molar-refractivity contribution in [3.8, 4) is 0 Å². The maximum Gasteiger partial charge on any atom is 0.310 e. The van der Waals surface area contributed by atoms with Crippen molar-refractivity contribution in [3.63, 3.8) is 0 Å². The van der Waals surface area contributed by atoms with Crippen LogP contribution in [0.2, 0.25) is 0 Å². The number of carbonyl (C=O) groups is 1. The topological polar surface area (TPSA) is 66.4 Å². The van der Waals surface area contributed by atoms with E-state index >= 15 is 0 Å². The zero-order valence-corrected chi connectivity index (χ0v) is 19.3. The van der Waals surface area contributed by atoms with Gasteiger partial charge in [0.1, 0.15) is 0 Å². The lowest BCUT2D eigenvalue weighted by molar-refractivity contribution is -0.149. The average Bonchev–Trinajstić information content (AvgIpc) is 2.77. The summed E-state index contributed by atoms with van der Waals surface area (Å²) in [6, 6.07) is 8.70. The Morgan fingerprint density at radius 1 is 1.26 bits per heavy atom. The fourth-order valence-corrected chi connectivity index (χ4v) is 4.33. The van der Waals surface area contributed by atoms with Crippen LogP contribution in [0.15, 0.2) is 29.3 Å².